The molecule has 4 rings (SSSR count). The van der Waals surface area contributed by atoms with Crippen LogP contribution >= 0.6 is 11.6 Å². The highest BCUT2D eigenvalue weighted by Gasteiger charge is 2.14. The Morgan fingerprint density at radius 3 is 2.52 bits per heavy atom. The first-order valence-electron chi connectivity index (χ1n) is 7.39. The van der Waals surface area contributed by atoms with Gasteiger partial charge in [-0.2, -0.15) is 10.2 Å². The van der Waals surface area contributed by atoms with Gasteiger partial charge in [-0.3, -0.25) is 9.78 Å². The van der Waals surface area contributed by atoms with Crippen LogP contribution in [-0.2, 0) is 0 Å². The summed E-state index contributed by atoms with van der Waals surface area (Å²) in [4.78, 5) is 20.3. The molecule has 0 radical (unpaired) electrons. The minimum absolute atomic E-state index is 0.202. The summed E-state index contributed by atoms with van der Waals surface area (Å²) >= 11 is 5.96. The first-order valence-corrected chi connectivity index (χ1v) is 7.77. The van der Waals surface area contributed by atoms with Crippen molar-refractivity contribution in [1.82, 2.24) is 29.5 Å². The fourth-order valence-corrected chi connectivity index (χ4v) is 2.61. The van der Waals surface area contributed by atoms with Gasteiger partial charge in [0.2, 0.25) is 5.43 Å². The van der Waals surface area contributed by atoms with Crippen molar-refractivity contribution in [1.29, 1.82) is 0 Å². The van der Waals surface area contributed by atoms with Gasteiger partial charge in [-0.25, -0.2) is 14.3 Å². The molecule has 4 aromatic heterocycles. The molecular weight excluding hydrogens is 340 g/mol. The summed E-state index contributed by atoms with van der Waals surface area (Å²) in [5.74, 6) is 0. The van der Waals surface area contributed by atoms with Gasteiger partial charge >= 0.3 is 0 Å². The molecule has 4 heterocycles. The Bertz CT molecular complexity index is 1090. The van der Waals surface area contributed by atoms with Gasteiger partial charge in [0.1, 0.15) is 5.15 Å². The standard InChI is InChI=1S/C17H11ClN6O/c18-16-11-13(3-8-20-16)24-14(4-9-21-24)17-15(25)5-10-23(22-17)12-1-6-19-7-2-12/h1-11H. The molecule has 0 saturated heterocycles. The van der Waals surface area contributed by atoms with E-state index in [1.54, 1.807) is 70.7 Å². The van der Waals surface area contributed by atoms with Crippen LogP contribution in [0.1, 0.15) is 0 Å². The van der Waals surface area contributed by atoms with Gasteiger partial charge < -0.3 is 0 Å². The smallest absolute Gasteiger partial charge is 0.209 e. The molecular formula is C17H11ClN6O. The zero-order valence-corrected chi connectivity index (χ0v) is 13.6. The molecule has 0 fully saturated rings. The molecule has 0 aliphatic carbocycles. The van der Waals surface area contributed by atoms with Gasteiger partial charge in [0.25, 0.3) is 0 Å². The predicted octanol–water partition coefficient (Wildman–Crippen LogP) is 2.53. The third-order valence-corrected chi connectivity index (χ3v) is 3.78. The summed E-state index contributed by atoms with van der Waals surface area (Å²) in [6.07, 6.45) is 8.13. The topological polar surface area (TPSA) is 78.5 Å². The zero-order valence-electron chi connectivity index (χ0n) is 12.8. The summed E-state index contributed by atoms with van der Waals surface area (Å²) in [5, 5.41) is 9.08. The molecule has 0 aliphatic heterocycles. The number of rotatable bonds is 3. The summed E-state index contributed by atoms with van der Waals surface area (Å²) in [7, 11) is 0. The lowest BCUT2D eigenvalue weighted by Gasteiger charge is -2.09. The van der Waals surface area contributed by atoms with Crippen LogP contribution in [0.25, 0.3) is 22.8 Å². The lowest BCUT2D eigenvalue weighted by atomic mass is 10.2. The highest BCUT2D eigenvalue weighted by atomic mass is 35.5. The molecule has 0 atom stereocenters. The van der Waals surface area contributed by atoms with Crippen molar-refractivity contribution in [3.63, 3.8) is 0 Å². The van der Waals surface area contributed by atoms with Crippen molar-refractivity contribution in [2.45, 2.75) is 0 Å². The zero-order chi connectivity index (χ0) is 17.2. The Kier molecular flexibility index (Phi) is 3.83. The van der Waals surface area contributed by atoms with E-state index in [0.29, 0.717) is 16.5 Å². The number of aromatic nitrogens is 6. The molecule has 0 N–H and O–H groups in total. The van der Waals surface area contributed by atoms with Gasteiger partial charge in [0.05, 0.1) is 23.3 Å². The molecule has 0 amide bonds. The van der Waals surface area contributed by atoms with Crippen LogP contribution in [0, 0.1) is 0 Å². The second-order valence-electron chi connectivity index (χ2n) is 5.14. The lowest BCUT2D eigenvalue weighted by Crippen LogP contribution is -2.14. The number of halogens is 1. The SMILES string of the molecule is O=c1ccn(-c2ccncc2)nc1-c1ccnn1-c1ccnc(Cl)c1. The monoisotopic (exact) mass is 350 g/mol. The maximum absolute atomic E-state index is 12.4. The lowest BCUT2D eigenvalue weighted by molar-refractivity contribution is 0.821. The molecule has 8 heteroatoms. The third kappa shape index (κ3) is 2.92. The molecule has 0 unspecified atom stereocenters. The average Bonchev–Trinajstić information content (AvgIpc) is 3.12. The van der Waals surface area contributed by atoms with Crippen LogP contribution < -0.4 is 5.43 Å². The number of nitrogens with zero attached hydrogens (tertiary/aromatic N) is 6. The fourth-order valence-electron chi connectivity index (χ4n) is 2.44. The van der Waals surface area contributed by atoms with E-state index >= 15 is 0 Å². The second-order valence-corrected chi connectivity index (χ2v) is 5.53. The van der Waals surface area contributed by atoms with Crippen molar-refractivity contribution in [2.24, 2.45) is 0 Å². The normalized spacial score (nSPS) is 10.8. The number of pyridine rings is 2. The van der Waals surface area contributed by atoms with Gasteiger partial charge in [-0.15, -0.1) is 0 Å². The van der Waals surface area contributed by atoms with Crippen molar-refractivity contribution in [3.8, 4) is 22.8 Å². The summed E-state index contributed by atoms with van der Waals surface area (Å²) in [6, 6.07) is 10.2. The van der Waals surface area contributed by atoms with Crippen molar-refractivity contribution in [2.75, 3.05) is 0 Å². The maximum Gasteiger partial charge on any atom is 0.209 e. The second kappa shape index (κ2) is 6.29. The summed E-state index contributed by atoms with van der Waals surface area (Å²) in [6.45, 7) is 0. The highest BCUT2D eigenvalue weighted by molar-refractivity contribution is 6.29. The van der Waals surface area contributed by atoms with Gasteiger partial charge in [-0.05, 0) is 24.3 Å². The van der Waals surface area contributed by atoms with Crippen LogP contribution in [0.2, 0.25) is 5.15 Å². The van der Waals surface area contributed by atoms with Crippen LogP contribution in [0.3, 0.4) is 0 Å². The highest BCUT2D eigenvalue weighted by Crippen LogP contribution is 2.19. The molecule has 25 heavy (non-hydrogen) atoms. The van der Waals surface area contributed by atoms with E-state index in [2.05, 4.69) is 20.2 Å². The van der Waals surface area contributed by atoms with Crippen LogP contribution in [0.4, 0.5) is 0 Å². The van der Waals surface area contributed by atoms with Crippen molar-refractivity contribution >= 4 is 11.6 Å². The Morgan fingerprint density at radius 1 is 0.920 bits per heavy atom. The van der Waals surface area contributed by atoms with E-state index in [1.807, 2.05) is 0 Å². The molecule has 0 aliphatic rings. The predicted molar refractivity (Wildman–Crippen MR) is 93.0 cm³/mol. The summed E-state index contributed by atoms with van der Waals surface area (Å²) < 4.78 is 3.23. The van der Waals surface area contributed by atoms with Crippen LogP contribution in [-0.4, -0.2) is 29.5 Å². The van der Waals surface area contributed by atoms with Crippen molar-refractivity contribution < 1.29 is 0 Å². The Labute approximate surface area is 147 Å². The van der Waals surface area contributed by atoms with E-state index < -0.39 is 0 Å². The molecule has 0 spiro atoms. The molecule has 0 bridgehead atoms. The van der Waals surface area contributed by atoms with Gasteiger partial charge in [-0.1, -0.05) is 11.6 Å². The van der Waals surface area contributed by atoms with E-state index in [-0.39, 0.29) is 11.1 Å². The maximum atomic E-state index is 12.4. The van der Waals surface area contributed by atoms with Crippen LogP contribution in [0.5, 0.6) is 0 Å². The fraction of sp³-hybridized carbons (Fsp3) is 0. The van der Waals surface area contributed by atoms with E-state index in [0.717, 1.165) is 5.69 Å². The Balaban J connectivity index is 1.87. The molecule has 0 saturated carbocycles. The largest absolute Gasteiger partial charge is 0.287 e. The van der Waals surface area contributed by atoms with Gasteiger partial charge in [0, 0.05) is 36.9 Å². The van der Waals surface area contributed by atoms with E-state index in [4.69, 9.17) is 11.6 Å². The minimum Gasteiger partial charge on any atom is -0.287 e. The quantitative estimate of drug-likeness (QED) is 0.530. The number of hydrogen-bond acceptors (Lipinski definition) is 5. The van der Waals surface area contributed by atoms with E-state index in [1.165, 1.54) is 6.07 Å². The van der Waals surface area contributed by atoms with Crippen LogP contribution in [0.15, 0.2) is 72.2 Å². The molecule has 4 aromatic rings. The van der Waals surface area contributed by atoms with E-state index in [9.17, 15) is 4.79 Å². The first-order chi connectivity index (χ1) is 12.2. The van der Waals surface area contributed by atoms with Gasteiger partial charge in [0.15, 0.2) is 5.69 Å². The summed E-state index contributed by atoms with van der Waals surface area (Å²) in [5.41, 5.74) is 2.14. The average molecular weight is 351 g/mol. The molecule has 122 valence electrons. The molecule has 7 nitrogen and oxygen atoms in total. The Morgan fingerprint density at radius 2 is 1.72 bits per heavy atom. The third-order valence-electron chi connectivity index (χ3n) is 3.58. The van der Waals surface area contributed by atoms with Crippen molar-refractivity contribution in [3.05, 3.63) is 82.8 Å². The minimum atomic E-state index is -0.202. The Hall–Kier alpha value is -3.32. The number of hydrogen-bond donors (Lipinski definition) is 0. The first kappa shape index (κ1) is 15.2. The molecule has 0 aromatic carbocycles.